The molecule has 2 unspecified atom stereocenters. The summed E-state index contributed by atoms with van der Waals surface area (Å²) in [6.07, 6.45) is 0.661. The van der Waals surface area contributed by atoms with Crippen molar-refractivity contribution in [1.82, 2.24) is 10.7 Å². The number of aliphatic hydroxyl groups is 1. The van der Waals surface area contributed by atoms with Crippen LogP contribution in [0.5, 0.6) is 0 Å². The van der Waals surface area contributed by atoms with E-state index in [-0.39, 0.29) is 18.7 Å². The summed E-state index contributed by atoms with van der Waals surface area (Å²) in [7, 11) is 0. The van der Waals surface area contributed by atoms with Crippen molar-refractivity contribution < 1.29 is 5.11 Å². The number of nitrogens with zero attached hydrogens (tertiary/aromatic N) is 2. The van der Waals surface area contributed by atoms with Crippen LogP contribution >= 0.6 is 12.6 Å². The Morgan fingerprint density at radius 1 is 1.56 bits per heavy atom. The highest BCUT2D eigenvalue weighted by Crippen LogP contribution is 2.28. The summed E-state index contributed by atoms with van der Waals surface area (Å²) in [5.41, 5.74) is 7.88. The van der Waals surface area contributed by atoms with Crippen molar-refractivity contribution in [2.45, 2.75) is 12.5 Å². The molecule has 1 saturated carbocycles. The monoisotopic (exact) mass is 246 g/mol. The lowest BCUT2D eigenvalue weighted by molar-refractivity contribution is 0.259. The largest absolute Gasteiger partial charge is 0.393 e. The third-order valence-electron chi connectivity index (χ3n) is 2.19. The van der Waals surface area contributed by atoms with Gasteiger partial charge >= 0.3 is 0 Å². The molecule has 92 valence electrons. The minimum Gasteiger partial charge on any atom is -0.393 e. The molecule has 1 aliphatic carbocycles. The Balaban J connectivity index is 2.36. The zero-order valence-corrected chi connectivity index (χ0v) is 9.82. The molecule has 1 rings (SSSR count). The van der Waals surface area contributed by atoms with E-state index in [1.807, 2.05) is 0 Å². The SMILES string of the molecule is NNC/N=C(N)\N=C(/CS)NCC1CC1O. The number of amidine groups is 1. The van der Waals surface area contributed by atoms with Gasteiger partial charge in [-0.05, 0) is 6.42 Å². The molecule has 8 heteroatoms. The van der Waals surface area contributed by atoms with Gasteiger partial charge in [0.25, 0.3) is 0 Å². The van der Waals surface area contributed by atoms with E-state index < -0.39 is 0 Å². The zero-order chi connectivity index (χ0) is 12.0. The first-order valence-corrected chi connectivity index (χ1v) is 5.64. The summed E-state index contributed by atoms with van der Waals surface area (Å²) in [5.74, 6) is 6.58. The Labute approximate surface area is 99.8 Å². The summed E-state index contributed by atoms with van der Waals surface area (Å²) < 4.78 is 0. The standard InChI is InChI=1S/C8H18N6OS/c9-8(12-4-13-10)14-7(3-16)11-2-5-1-6(5)15/h5-6,13,15-16H,1-4,10H2,(H3,9,11,12,14). The lowest BCUT2D eigenvalue weighted by Crippen LogP contribution is -2.30. The second kappa shape index (κ2) is 6.69. The van der Waals surface area contributed by atoms with Crippen LogP contribution in [0, 0.1) is 5.92 Å². The van der Waals surface area contributed by atoms with Gasteiger partial charge in [-0.15, -0.1) is 0 Å². The number of hydrogen-bond acceptors (Lipinski definition) is 5. The van der Waals surface area contributed by atoms with E-state index >= 15 is 0 Å². The average molecular weight is 246 g/mol. The third-order valence-corrected chi connectivity index (χ3v) is 2.48. The van der Waals surface area contributed by atoms with Gasteiger partial charge in [0, 0.05) is 18.2 Å². The number of rotatable bonds is 5. The first-order chi connectivity index (χ1) is 7.67. The molecular formula is C8H18N6OS. The molecule has 0 radical (unpaired) electrons. The van der Waals surface area contributed by atoms with E-state index in [4.69, 9.17) is 16.7 Å². The van der Waals surface area contributed by atoms with Crippen molar-refractivity contribution in [2.24, 2.45) is 27.5 Å². The summed E-state index contributed by atoms with van der Waals surface area (Å²) in [4.78, 5) is 7.87. The third kappa shape index (κ3) is 4.79. The quantitative estimate of drug-likeness (QED) is 0.110. The van der Waals surface area contributed by atoms with Crippen LogP contribution in [0.1, 0.15) is 6.42 Å². The number of hydrazine groups is 1. The minimum absolute atomic E-state index is 0.144. The van der Waals surface area contributed by atoms with Gasteiger partial charge in [0.1, 0.15) is 12.5 Å². The number of guanidine groups is 1. The second-order valence-corrected chi connectivity index (χ2v) is 3.86. The van der Waals surface area contributed by atoms with Gasteiger partial charge in [0.05, 0.1) is 6.10 Å². The van der Waals surface area contributed by atoms with E-state index in [0.29, 0.717) is 24.1 Å². The number of aliphatic hydroxyl groups excluding tert-OH is 1. The molecule has 2 atom stereocenters. The van der Waals surface area contributed by atoms with Gasteiger partial charge in [0.15, 0.2) is 0 Å². The van der Waals surface area contributed by atoms with Crippen molar-refractivity contribution in [3.05, 3.63) is 0 Å². The molecule has 0 aromatic carbocycles. The van der Waals surface area contributed by atoms with Crippen LogP contribution < -0.4 is 22.3 Å². The highest BCUT2D eigenvalue weighted by Gasteiger charge is 2.34. The normalized spacial score (nSPS) is 25.7. The van der Waals surface area contributed by atoms with Gasteiger partial charge in [-0.2, -0.15) is 17.6 Å². The van der Waals surface area contributed by atoms with E-state index in [1.54, 1.807) is 0 Å². The van der Waals surface area contributed by atoms with Crippen LogP contribution in [0.15, 0.2) is 9.98 Å². The Bertz CT molecular complexity index is 282. The van der Waals surface area contributed by atoms with Crippen LogP contribution in [0.4, 0.5) is 0 Å². The van der Waals surface area contributed by atoms with Crippen LogP contribution in [0.25, 0.3) is 0 Å². The summed E-state index contributed by atoms with van der Waals surface area (Å²) in [6.45, 7) is 0.902. The molecule has 0 aromatic rings. The number of thiol groups is 1. The fourth-order valence-electron chi connectivity index (χ4n) is 1.13. The summed E-state index contributed by atoms with van der Waals surface area (Å²) in [5, 5.41) is 12.2. The van der Waals surface area contributed by atoms with Gasteiger partial charge in [-0.1, -0.05) is 0 Å². The predicted octanol–water partition coefficient (Wildman–Crippen LogP) is -1.98. The maximum Gasteiger partial charge on any atom is 0.218 e. The van der Waals surface area contributed by atoms with Crippen LogP contribution in [-0.4, -0.2) is 42.0 Å². The van der Waals surface area contributed by atoms with Crippen molar-refractivity contribution >= 4 is 24.4 Å². The van der Waals surface area contributed by atoms with Crippen molar-refractivity contribution in [2.75, 3.05) is 19.0 Å². The fourth-order valence-corrected chi connectivity index (χ4v) is 1.31. The number of nitrogens with two attached hydrogens (primary N) is 2. The van der Waals surface area contributed by atoms with Crippen molar-refractivity contribution in [1.29, 1.82) is 0 Å². The summed E-state index contributed by atoms with van der Waals surface area (Å²) in [6, 6.07) is 0. The number of aliphatic imine (C=N–C) groups is 2. The smallest absolute Gasteiger partial charge is 0.218 e. The zero-order valence-electron chi connectivity index (χ0n) is 8.93. The highest BCUT2D eigenvalue weighted by molar-refractivity contribution is 7.81. The Morgan fingerprint density at radius 2 is 2.25 bits per heavy atom. The molecule has 1 fully saturated rings. The Kier molecular flexibility index (Phi) is 5.53. The molecule has 0 bridgehead atoms. The Hall–Kier alpha value is -0.830. The van der Waals surface area contributed by atoms with Crippen molar-refractivity contribution in [3.8, 4) is 0 Å². The van der Waals surface area contributed by atoms with E-state index in [9.17, 15) is 0 Å². The fraction of sp³-hybridized carbons (Fsp3) is 0.750. The molecule has 7 nitrogen and oxygen atoms in total. The molecule has 0 aromatic heterocycles. The second-order valence-electron chi connectivity index (χ2n) is 3.54. The topological polar surface area (TPSA) is 121 Å². The number of hydrogen-bond donors (Lipinski definition) is 6. The lowest BCUT2D eigenvalue weighted by atomic mass is 10.4. The molecule has 16 heavy (non-hydrogen) atoms. The molecule has 0 saturated heterocycles. The van der Waals surface area contributed by atoms with Gasteiger partial charge < -0.3 is 16.2 Å². The van der Waals surface area contributed by atoms with E-state index in [0.717, 1.165) is 6.42 Å². The van der Waals surface area contributed by atoms with Crippen LogP contribution in [-0.2, 0) is 0 Å². The maximum absolute atomic E-state index is 9.14. The molecule has 0 heterocycles. The molecule has 0 spiro atoms. The first-order valence-electron chi connectivity index (χ1n) is 5.01. The van der Waals surface area contributed by atoms with E-state index in [2.05, 4.69) is 33.4 Å². The lowest BCUT2D eigenvalue weighted by Gasteiger charge is -2.06. The molecule has 1 aliphatic rings. The highest BCUT2D eigenvalue weighted by atomic mass is 32.1. The van der Waals surface area contributed by atoms with Crippen LogP contribution in [0.3, 0.4) is 0 Å². The molecular weight excluding hydrogens is 228 g/mol. The minimum atomic E-state index is -0.180. The van der Waals surface area contributed by atoms with Gasteiger partial charge in [-0.3, -0.25) is 5.84 Å². The summed E-state index contributed by atoms with van der Waals surface area (Å²) >= 11 is 4.12. The van der Waals surface area contributed by atoms with Crippen LogP contribution in [0.2, 0.25) is 0 Å². The Morgan fingerprint density at radius 3 is 2.75 bits per heavy atom. The molecule has 0 amide bonds. The molecule has 7 N–H and O–H groups in total. The average Bonchev–Trinajstić information content (AvgIpc) is 2.97. The molecule has 0 aliphatic heterocycles. The predicted molar refractivity (Wildman–Crippen MR) is 67.2 cm³/mol. The number of nitrogens with one attached hydrogen (secondary N) is 2. The van der Waals surface area contributed by atoms with Gasteiger partial charge in [-0.25, -0.2) is 10.4 Å². The van der Waals surface area contributed by atoms with Crippen molar-refractivity contribution in [3.63, 3.8) is 0 Å². The first kappa shape index (κ1) is 13.2. The van der Waals surface area contributed by atoms with Gasteiger partial charge in [0.2, 0.25) is 5.96 Å². The maximum atomic E-state index is 9.14. The van der Waals surface area contributed by atoms with E-state index in [1.165, 1.54) is 0 Å².